The van der Waals surface area contributed by atoms with Crippen LogP contribution >= 0.6 is 11.3 Å². The summed E-state index contributed by atoms with van der Waals surface area (Å²) in [6.07, 6.45) is 0. The van der Waals surface area contributed by atoms with Gasteiger partial charge in [-0.3, -0.25) is 0 Å². The first-order valence-electron chi connectivity index (χ1n) is 47.8. The van der Waals surface area contributed by atoms with Gasteiger partial charge in [-0.25, -0.2) is 19.9 Å². The van der Waals surface area contributed by atoms with Crippen LogP contribution in [0, 0.1) is 0 Å². The van der Waals surface area contributed by atoms with Gasteiger partial charge < -0.3 is 22.8 Å². The zero-order valence-electron chi connectivity index (χ0n) is 75.4. The van der Waals surface area contributed by atoms with Gasteiger partial charge in [-0.15, -0.1) is 11.3 Å². The Bertz CT molecular complexity index is 10800. The molecule has 0 saturated carbocycles. The zero-order valence-corrected chi connectivity index (χ0v) is 76.2. The van der Waals surface area contributed by atoms with E-state index in [0.29, 0.717) is 11.6 Å². The lowest BCUT2D eigenvalue weighted by Gasteiger charge is -2.15. The molecule has 31 aromatic rings. The Morgan fingerprint density at radius 3 is 0.986 bits per heavy atom. The maximum absolute atomic E-state index is 5.50. The van der Waals surface area contributed by atoms with Crippen molar-refractivity contribution in [1.82, 2.24) is 42.8 Å². The standard InChI is InChI=1S/C68H41N5.C62H36N4S/c1-2-18-48(19-3-1)71-61-26-11-7-20-52(61)55-33-30-46(41-64(55)71)67-57-23-6-10-25-60(57)69-68(70-67)56-24-14-17-45-35-50(32-34-51(45)56)73-63-28-13-9-22-54(63)59-38-47-36-49(31-29-44(47)40-66(59)73)72-62-27-12-8-21-53(62)58-37-42-15-4-5-16-43(42)39-65(58)72;1-2-14-38-33-57-51(31-37(38)13-1)46-17-6-10-22-55(46)65(57)43-27-25-39-34-58-52(32-42(39)30-43)47-18-7-11-23-56(47)66(58)44-29-40-15-3-4-16-45(40)53(36-44)62-63-54-21-9-5-20-50(54)61(64-62)41-26-28-49-48-19-8-12-24-59(48)67-60(49)35-41/h1-41H;1-36H. The molecule has 8 heterocycles. The third-order valence-corrected chi connectivity index (χ3v) is 30.5. The lowest BCUT2D eigenvalue weighted by Crippen LogP contribution is -1.99. The topological polar surface area (TPSA) is 76.2 Å². The maximum Gasteiger partial charge on any atom is 0.161 e. The van der Waals surface area contributed by atoms with Gasteiger partial charge in [-0.2, -0.15) is 0 Å². The molecule has 0 aliphatic heterocycles. The molecule has 0 atom stereocenters. The van der Waals surface area contributed by atoms with E-state index in [9.17, 15) is 0 Å². The van der Waals surface area contributed by atoms with Crippen LogP contribution in [0.1, 0.15) is 0 Å². The predicted octanol–water partition coefficient (Wildman–Crippen LogP) is 34.7. The van der Waals surface area contributed by atoms with Gasteiger partial charge in [0.15, 0.2) is 11.6 Å². The summed E-state index contributed by atoms with van der Waals surface area (Å²) in [6.45, 7) is 0. The van der Waals surface area contributed by atoms with Crippen molar-refractivity contribution in [3.8, 4) is 73.7 Å². The summed E-state index contributed by atoms with van der Waals surface area (Å²) in [6, 6.07) is 170. The van der Waals surface area contributed by atoms with Crippen molar-refractivity contribution in [3.05, 3.63) is 467 Å². The molecule has 9 nitrogen and oxygen atoms in total. The zero-order chi connectivity index (χ0) is 91.5. The van der Waals surface area contributed by atoms with Crippen LogP contribution in [-0.2, 0) is 0 Å². The smallest absolute Gasteiger partial charge is 0.161 e. The molecule has 140 heavy (non-hydrogen) atoms. The molecule has 0 unspecified atom stereocenters. The molecule has 8 aromatic heterocycles. The van der Waals surface area contributed by atoms with Crippen molar-refractivity contribution in [2.45, 2.75) is 0 Å². The maximum atomic E-state index is 5.50. The number of para-hydroxylation sites is 8. The van der Waals surface area contributed by atoms with E-state index in [4.69, 9.17) is 19.9 Å². The van der Waals surface area contributed by atoms with Gasteiger partial charge in [0.25, 0.3) is 0 Å². The summed E-state index contributed by atoms with van der Waals surface area (Å²) < 4.78 is 14.6. The summed E-state index contributed by atoms with van der Waals surface area (Å²) in [4.78, 5) is 21.6. The second-order valence-corrected chi connectivity index (χ2v) is 38.2. The summed E-state index contributed by atoms with van der Waals surface area (Å²) >= 11 is 1.83. The van der Waals surface area contributed by atoms with Gasteiger partial charge in [0, 0.05) is 135 Å². The van der Waals surface area contributed by atoms with Gasteiger partial charge >= 0.3 is 0 Å². The minimum Gasteiger partial charge on any atom is -0.309 e. The van der Waals surface area contributed by atoms with Crippen molar-refractivity contribution in [3.63, 3.8) is 0 Å². The van der Waals surface area contributed by atoms with Gasteiger partial charge in [-0.05, 0) is 234 Å². The average molecular weight is 1800 g/mol. The SMILES string of the molecule is c1ccc(-n2c3ccccc3c3ccc(-c4nc(-c5cccc6cc(-n7c8ccccc8c8cc9cc(-n%10c%11ccccc%11c%11cc%12ccccc%12cc%11%10)ccc9cc87)ccc56)nc5ccccc45)cc32)cc1.c1ccc2cc3c(cc2c1)c1ccccc1n3-c1ccc2cc3c(cc2c1)c1ccccc1n3-c1cc(-c2nc(-c3ccc4c(c3)sc3ccccc34)c3ccccc3n2)c2ccccc2c1. The highest BCUT2D eigenvalue weighted by Crippen LogP contribution is 2.48. The van der Waals surface area contributed by atoms with Crippen molar-refractivity contribution in [2.24, 2.45) is 0 Å². The highest BCUT2D eigenvalue weighted by Gasteiger charge is 2.26. The van der Waals surface area contributed by atoms with Gasteiger partial charge in [0.05, 0.1) is 77.6 Å². The monoisotopic (exact) mass is 1800 g/mol. The lowest BCUT2D eigenvalue weighted by molar-refractivity contribution is 1.18. The third-order valence-electron chi connectivity index (χ3n) is 29.4. The largest absolute Gasteiger partial charge is 0.309 e. The van der Waals surface area contributed by atoms with Gasteiger partial charge in [-0.1, -0.05) is 297 Å². The van der Waals surface area contributed by atoms with Crippen LogP contribution in [0.15, 0.2) is 467 Å². The van der Waals surface area contributed by atoms with E-state index in [-0.39, 0.29) is 0 Å². The Balaban J connectivity index is 0.000000132. The Morgan fingerprint density at radius 2 is 0.471 bits per heavy atom. The molecular weight excluding hydrogens is 1720 g/mol. The molecule has 648 valence electrons. The normalized spacial score (nSPS) is 12.1. The van der Waals surface area contributed by atoms with Crippen LogP contribution in [0.25, 0.3) is 289 Å². The number of thiophene rings is 1. The lowest BCUT2D eigenvalue weighted by atomic mass is 10.0. The fourth-order valence-corrected chi connectivity index (χ4v) is 24.1. The number of hydrogen-bond acceptors (Lipinski definition) is 5. The van der Waals surface area contributed by atoms with Crippen molar-refractivity contribution in [2.75, 3.05) is 0 Å². The van der Waals surface area contributed by atoms with Crippen molar-refractivity contribution < 1.29 is 0 Å². The predicted molar refractivity (Wildman–Crippen MR) is 590 cm³/mol. The first-order valence-corrected chi connectivity index (χ1v) is 48.6. The molecule has 0 radical (unpaired) electrons. The molecule has 0 spiro atoms. The van der Waals surface area contributed by atoms with Crippen LogP contribution in [-0.4, -0.2) is 42.8 Å². The van der Waals surface area contributed by atoms with Crippen molar-refractivity contribution in [1.29, 1.82) is 0 Å². The molecular formula is C130H77N9S. The molecule has 0 aliphatic rings. The Morgan fingerprint density at radius 1 is 0.150 bits per heavy atom. The van der Waals surface area contributed by atoms with E-state index in [1.54, 1.807) is 0 Å². The number of hydrogen-bond donors (Lipinski definition) is 0. The summed E-state index contributed by atoms with van der Waals surface area (Å²) in [5.74, 6) is 1.41. The fraction of sp³-hybridized carbons (Fsp3) is 0. The first-order chi connectivity index (χ1) is 69.4. The van der Waals surface area contributed by atoms with E-state index in [0.717, 1.165) is 122 Å². The molecule has 0 N–H and O–H groups in total. The molecule has 31 rings (SSSR count). The fourth-order valence-electron chi connectivity index (χ4n) is 23.0. The minimum atomic E-state index is 0.702. The number of benzene rings is 23. The first kappa shape index (κ1) is 77.9. The van der Waals surface area contributed by atoms with Crippen LogP contribution in [0.2, 0.25) is 0 Å². The van der Waals surface area contributed by atoms with Crippen LogP contribution in [0.4, 0.5) is 0 Å². The number of nitrogens with zero attached hydrogens (tertiary/aromatic N) is 9. The number of rotatable bonds is 9. The highest BCUT2D eigenvalue weighted by atomic mass is 32.1. The molecule has 10 heteroatoms. The molecule has 0 aliphatic carbocycles. The summed E-state index contributed by atoms with van der Waals surface area (Å²) in [5.41, 5.74) is 25.2. The van der Waals surface area contributed by atoms with E-state index < -0.39 is 0 Å². The third kappa shape index (κ3) is 12.0. The molecule has 0 amide bonds. The number of fused-ring (bicyclic) bond motifs is 26. The number of aromatic nitrogens is 9. The minimum absolute atomic E-state index is 0.702. The second-order valence-electron chi connectivity index (χ2n) is 37.1. The van der Waals surface area contributed by atoms with E-state index >= 15 is 0 Å². The van der Waals surface area contributed by atoms with Gasteiger partial charge in [0.1, 0.15) is 0 Å². The van der Waals surface area contributed by atoms with E-state index in [1.165, 1.54) is 156 Å². The molecule has 0 bridgehead atoms. The van der Waals surface area contributed by atoms with E-state index in [1.807, 2.05) is 11.3 Å². The van der Waals surface area contributed by atoms with Crippen LogP contribution < -0.4 is 0 Å². The molecule has 0 saturated heterocycles. The van der Waals surface area contributed by atoms with Crippen LogP contribution in [0.3, 0.4) is 0 Å². The van der Waals surface area contributed by atoms with Crippen LogP contribution in [0.5, 0.6) is 0 Å². The summed E-state index contributed by atoms with van der Waals surface area (Å²) in [5, 5.41) is 31.2. The van der Waals surface area contributed by atoms with Crippen molar-refractivity contribution >= 4 is 227 Å². The Labute approximate surface area is 804 Å². The quantitative estimate of drug-likeness (QED) is 0.144. The van der Waals surface area contributed by atoms with E-state index in [2.05, 4.69) is 490 Å². The highest BCUT2D eigenvalue weighted by molar-refractivity contribution is 7.25. The Kier molecular flexibility index (Phi) is 17.0. The summed E-state index contributed by atoms with van der Waals surface area (Å²) in [7, 11) is 0. The Hall–Kier alpha value is -18.5. The molecule has 23 aromatic carbocycles. The average Bonchev–Trinajstić information content (AvgIpc) is 1.57. The molecule has 0 fully saturated rings. The second kappa shape index (κ2) is 30.5. The van der Waals surface area contributed by atoms with Gasteiger partial charge in [0.2, 0.25) is 0 Å².